The van der Waals surface area contributed by atoms with E-state index < -0.39 is 19.9 Å². The summed E-state index contributed by atoms with van der Waals surface area (Å²) in [7, 11) is -7.25. The number of carbonyl (C=O) groups is 1. The van der Waals surface area contributed by atoms with Gasteiger partial charge in [-0.05, 0) is 61.4 Å². The molecule has 1 saturated heterocycles. The first-order valence-electron chi connectivity index (χ1n) is 8.32. The van der Waals surface area contributed by atoms with E-state index in [0.29, 0.717) is 18.7 Å². The van der Waals surface area contributed by atoms with Crippen molar-refractivity contribution in [2.45, 2.75) is 29.6 Å². The van der Waals surface area contributed by atoms with Gasteiger partial charge in [0.25, 0.3) is 10.0 Å². The smallest absolute Gasteiger partial charge is 0.261 e. The third-order valence-electron chi connectivity index (χ3n) is 4.38. The summed E-state index contributed by atoms with van der Waals surface area (Å²) in [5, 5.41) is 0. The van der Waals surface area contributed by atoms with Crippen LogP contribution in [0.3, 0.4) is 0 Å². The van der Waals surface area contributed by atoms with Crippen molar-refractivity contribution in [3.63, 3.8) is 0 Å². The van der Waals surface area contributed by atoms with Crippen LogP contribution < -0.4 is 9.62 Å². The monoisotopic (exact) mass is 408 g/mol. The second-order valence-electron chi connectivity index (χ2n) is 6.50. The molecule has 9 heteroatoms. The summed E-state index contributed by atoms with van der Waals surface area (Å²) in [5.41, 5.74) is 1.94. The zero-order chi connectivity index (χ0) is 19.8. The Balaban J connectivity index is 1.83. The standard InChI is InChI=1S/C18H20N2O5S2/c1-13-12-14(5-10-17(13)20-11-3-4-18(20)21)19-27(24,25)16-8-6-15(7-9-16)26(2,22)23/h5-10,12,19H,3-4,11H2,1-2H3. The molecule has 2 aromatic rings. The Kier molecular flexibility index (Phi) is 5.00. The fourth-order valence-electron chi connectivity index (χ4n) is 3.00. The van der Waals surface area contributed by atoms with Crippen molar-refractivity contribution in [1.82, 2.24) is 0 Å². The molecule has 0 bridgehead atoms. The first kappa shape index (κ1) is 19.4. The maximum Gasteiger partial charge on any atom is 0.261 e. The summed E-state index contributed by atoms with van der Waals surface area (Å²) in [4.78, 5) is 13.6. The van der Waals surface area contributed by atoms with Crippen LogP contribution >= 0.6 is 0 Å². The molecule has 1 aliphatic heterocycles. The highest BCUT2D eigenvalue weighted by atomic mass is 32.2. The fraction of sp³-hybridized carbons (Fsp3) is 0.278. The molecule has 0 saturated carbocycles. The highest BCUT2D eigenvalue weighted by Gasteiger charge is 2.23. The predicted molar refractivity (Wildman–Crippen MR) is 103 cm³/mol. The normalized spacial score (nSPS) is 15.2. The van der Waals surface area contributed by atoms with Crippen molar-refractivity contribution in [2.24, 2.45) is 0 Å². The van der Waals surface area contributed by atoms with E-state index >= 15 is 0 Å². The molecule has 2 aromatic carbocycles. The third kappa shape index (κ3) is 4.14. The molecular weight excluding hydrogens is 388 g/mol. The number of rotatable bonds is 5. The van der Waals surface area contributed by atoms with Crippen molar-refractivity contribution in [3.05, 3.63) is 48.0 Å². The molecule has 0 aromatic heterocycles. The number of hydrogen-bond donors (Lipinski definition) is 1. The number of benzene rings is 2. The summed E-state index contributed by atoms with van der Waals surface area (Å²) in [5.74, 6) is 0.0670. The number of amides is 1. The maximum absolute atomic E-state index is 12.5. The number of carbonyl (C=O) groups excluding carboxylic acids is 1. The Morgan fingerprint density at radius 1 is 0.963 bits per heavy atom. The van der Waals surface area contributed by atoms with E-state index in [-0.39, 0.29) is 15.7 Å². The van der Waals surface area contributed by atoms with Gasteiger partial charge in [-0.2, -0.15) is 0 Å². The van der Waals surface area contributed by atoms with E-state index in [2.05, 4.69) is 4.72 Å². The molecule has 0 radical (unpaired) electrons. The molecule has 1 N–H and O–H groups in total. The van der Waals surface area contributed by atoms with Gasteiger partial charge in [-0.15, -0.1) is 0 Å². The van der Waals surface area contributed by atoms with Crippen LogP contribution in [0.5, 0.6) is 0 Å². The Hall–Kier alpha value is -2.39. The van der Waals surface area contributed by atoms with Gasteiger partial charge < -0.3 is 4.90 Å². The number of nitrogens with zero attached hydrogens (tertiary/aromatic N) is 1. The Labute approximate surface area is 159 Å². The molecule has 144 valence electrons. The number of nitrogens with one attached hydrogen (secondary N) is 1. The summed E-state index contributed by atoms with van der Waals surface area (Å²) >= 11 is 0. The molecule has 27 heavy (non-hydrogen) atoms. The van der Waals surface area contributed by atoms with Crippen molar-refractivity contribution in [2.75, 3.05) is 22.4 Å². The van der Waals surface area contributed by atoms with Gasteiger partial charge in [0.05, 0.1) is 9.79 Å². The average Bonchev–Trinajstić information content (AvgIpc) is 3.00. The van der Waals surface area contributed by atoms with Crippen LogP contribution in [0.25, 0.3) is 0 Å². The summed E-state index contributed by atoms with van der Waals surface area (Å²) in [6.07, 6.45) is 2.40. The zero-order valence-corrected chi connectivity index (χ0v) is 16.6. The predicted octanol–water partition coefficient (Wildman–Crippen LogP) is 2.33. The molecule has 1 heterocycles. The van der Waals surface area contributed by atoms with E-state index in [4.69, 9.17) is 0 Å². The highest BCUT2D eigenvalue weighted by molar-refractivity contribution is 7.92. The van der Waals surface area contributed by atoms with Crippen LogP contribution in [0.2, 0.25) is 0 Å². The van der Waals surface area contributed by atoms with Crippen LogP contribution in [0.4, 0.5) is 11.4 Å². The molecule has 1 aliphatic rings. The lowest BCUT2D eigenvalue weighted by atomic mass is 10.1. The Bertz CT molecular complexity index is 1090. The molecule has 1 amide bonds. The minimum absolute atomic E-state index is 0.0358. The number of sulfone groups is 1. The van der Waals surface area contributed by atoms with E-state index in [1.807, 2.05) is 6.92 Å². The average molecular weight is 409 g/mol. The minimum Gasteiger partial charge on any atom is -0.312 e. The Morgan fingerprint density at radius 2 is 1.59 bits per heavy atom. The topological polar surface area (TPSA) is 101 Å². The van der Waals surface area contributed by atoms with E-state index in [1.165, 1.54) is 24.3 Å². The summed E-state index contributed by atoms with van der Waals surface area (Å²) < 4.78 is 50.6. The number of hydrogen-bond acceptors (Lipinski definition) is 5. The maximum atomic E-state index is 12.5. The lowest BCUT2D eigenvalue weighted by Crippen LogP contribution is -2.24. The van der Waals surface area contributed by atoms with Gasteiger partial charge in [-0.25, -0.2) is 16.8 Å². The van der Waals surface area contributed by atoms with Crippen LogP contribution in [0, 0.1) is 6.92 Å². The van der Waals surface area contributed by atoms with E-state index in [9.17, 15) is 21.6 Å². The Morgan fingerprint density at radius 3 is 2.11 bits per heavy atom. The van der Waals surface area contributed by atoms with Crippen molar-refractivity contribution < 1.29 is 21.6 Å². The molecule has 0 aliphatic carbocycles. The van der Waals surface area contributed by atoms with Crippen LogP contribution in [-0.2, 0) is 24.7 Å². The first-order chi connectivity index (χ1) is 12.6. The second-order valence-corrected chi connectivity index (χ2v) is 10.2. The fourth-order valence-corrected chi connectivity index (χ4v) is 4.68. The number of anilines is 2. The van der Waals surface area contributed by atoms with Gasteiger partial charge in [0.2, 0.25) is 5.91 Å². The van der Waals surface area contributed by atoms with Gasteiger partial charge in [0, 0.05) is 30.6 Å². The van der Waals surface area contributed by atoms with Crippen molar-refractivity contribution in [1.29, 1.82) is 0 Å². The molecule has 1 fully saturated rings. The molecule has 0 atom stereocenters. The summed E-state index contributed by atoms with van der Waals surface area (Å²) in [6, 6.07) is 10.0. The van der Waals surface area contributed by atoms with Gasteiger partial charge >= 0.3 is 0 Å². The van der Waals surface area contributed by atoms with Crippen LogP contribution in [-0.4, -0.2) is 35.5 Å². The van der Waals surface area contributed by atoms with Crippen molar-refractivity contribution in [3.8, 4) is 0 Å². The second kappa shape index (κ2) is 6.97. The molecular formula is C18H20N2O5S2. The lowest BCUT2D eigenvalue weighted by Gasteiger charge is -2.19. The van der Waals surface area contributed by atoms with Gasteiger partial charge in [-0.3, -0.25) is 9.52 Å². The molecule has 3 rings (SSSR count). The lowest BCUT2D eigenvalue weighted by molar-refractivity contribution is -0.117. The quantitative estimate of drug-likeness (QED) is 0.818. The molecule has 7 nitrogen and oxygen atoms in total. The first-order valence-corrected chi connectivity index (χ1v) is 11.7. The largest absolute Gasteiger partial charge is 0.312 e. The van der Waals surface area contributed by atoms with E-state index in [0.717, 1.165) is 23.9 Å². The SMILES string of the molecule is Cc1cc(NS(=O)(=O)c2ccc(S(C)(=O)=O)cc2)ccc1N1CCCC1=O. The summed E-state index contributed by atoms with van der Waals surface area (Å²) in [6.45, 7) is 2.48. The van der Waals surface area contributed by atoms with Gasteiger partial charge in [0.1, 0.15) is 0 Å². The van der Waals surface area contributed by atoms with Crippen molar-refractivity contribution >= 4 is 37.1 Å². The highest BCUT2D eigenvalue weighted by Crippen LogP contribution is 2.28. The molecule has 0 unspecified atom stereocenters. The van der Waals surface area contributed by atoms with Gasteiger partial charge in [0.15, 0.2) is 9.84 Å². The van der Waals surface area contributed by atoms with Crippen LogP contribution in [0.1, 0.15) is 18.4 Å². The van der Waals surface area contributed by atoms with E-state index in [1.54, 1.807) is 23.1 Å². The third-order valence-corrected chi connectivity index (χ3v) is 6.90. The number of aryl methyl sites for hydroxylation is 1. The van der Waals surface area contributed by atoms with Crippen LogP contribution in [0.15, 0.2) is 52.3 Å². The zero-order valence-electron chi connectivity index (χ0n) is 15.0. The minimum atomic E-state index is -3.86. The van der Waals surface area contributed by atoms with Gasteiger partial charge in [-0.1, -0.05) is 0 Å². The molecule has 0 spiro atoms. The number of sulfonamides is 1.